The Morgan fingerprint density at radius 2 is 2.04 bits per heavy atom. The van der Waals surface area contributed by atoms with Gasteiger partial charge in [-0.05, 0) is 30.7 Å². The van der Waals surface area contributed by atoms with Crippen molar-refractivity contribution in [1.82, 2.24) is 0 Å². The number of aryl methyl sites for hydroxylation is 1. The van der Waals surface area contributed by atoms with Gasteiger partial charge in [-0.25, -0.2) is 0 Å². The number of carbonyl (C=O) groups excluding carboxylic acids is 1. The van der Waals surface area contributed by atoms with E-state index in [0.29, 0.717) is 11.5 Å². The molecule has 1 amide bonds. The zero-order chi connectivity index (χ0) is 17.5. The fourth-order valence-electron chi connectivity index (χ4n) is 2.09. The molecule has 0 aliphatic heterocycles. The van der Waals surface area contributed by atoms with Gasteiger partial charge in [0.2, 0.25) is 5.91 Å². The molecule has 24 heavy (non-hydrogen) atoms. The number of nitro benzene ring substituents is 1. The summed E-state index contributed by atoms with van der Waals surface area (Å²) in [6.45, 7) is 2.15. The van der Waals surface area contributed by atoms with Crippen LogP contribution in [0.2, 0.25) is 0 Å². The number of benzene rings is 2. The van der Waals surface area contributed by atoms with Gasteiger partial charge in [0.05, 0.1) is 30.7 Å². The Balaban J connectivity index is 1.94. The van der Waals surface area contributed by atoms with Crippen LogP contribution in [0.1, 0.15) is 12.0 Å². The van der Waals surface area contributed by atoms with Crippen molar-refractivity contribution in [3.8, 4) is 11.5 Å². The number of hydrogen-bond donors (Lipinski definition) is 1. The first kappa shape index (κ1) is 17.3. The Bertz CT molecular complexity index is 746. The van der Waals surface area contributed by atoms with Crippen molar-refractivity contribution in [2.24, 2.45) is 0 Å². The van der Waals surface area contributed by atoms with Crippen molar-refractivity contribution in [3.05, 3.63) is 58.1 Å². The summed E-state index contributed by atoms with van der Waals surface area (Å²) in [6, 6.07) is 11.5. The minimum absolute atomic E-state index is 0.111. The second kappa shape index (κ2) is 7.96. The van der Waals surface area contributed by atoms with Gasteiger partial charge in [0, 0.05) is 12.1 Å². The highest BCUT2D eigenvalue weighted by atomic mass is 16.6. The lowest BCUT2D eigenvalue weighted by Gasteiger charge is -2.10. The molecule has 0 aromatic heterocycles. The standard InChI is InChI=1S/C17H18N2O5/c1-12-4-3-5-14(10-12)24-9-8-17(20)18-15-11-13(19(21)22)6-7-16(15)23-2/h3-7,10-11H,8-9H2,1-2H3,(H,18,20). The Morgan fingerprint density at radius 3 is 2.71 bits per heavy atom. The minimum atomic E-state index is -0.532. The molecule has 0 unspecified atom stereocenters. The molecule has 0 fully saturated rings. The fraction of sp³-hybridized carbons (Fsp3) is 0.235. The van der Waals surface area contributed by atoms with E-state index in [1.807, 2.05) is 31.2 Å². The van der Waals surface area contributed by atoms with Crippen LogP contribution in [-0.2, 0) is 4.79 Å². The van der Waals surface area contributed by atoms with Crippen molar-refractivity contribution < 1.29 is 19.2 Å². The van der Waals surface area contributed by atoms with Crippen LogP contribution in [0.25, 0.3) is 0 Å². The summed E-state index contributed by atoms with van der Waals surface area (Å²) >= 11 is 0. The monoisotopic (exact) mass is 330 g/mol. The van der Waals surface area contributed by atoms with Crippen LogP contribution in [-0.4, -0.2) is 24.5 Å². The molecule has 1 N–H and O–H groups in total. The van der Waals surface area contributed by atoms with Crippen LogP contribution in [0.15, 0.2) is 42.5 Å². The van der Waals surface area contributed by atoms with Gasteiger partial charge in [0.25, 0.3) is 5.69 Å². The van der Waals surface area contributed by atoms with Gasteiger partial charge < -0.3 is 14.8 Å². The summed E-state index contributed by atoms with van der Waals surface area (Å²) in [5.74, 6) is 0.728. The zero-order valence-electron chi connectivity index (χ0n) is 13.4. The number of nitrogens with zero attached hydrogens (tertiary/aromatic N) is 1. The van der Waals surface area contributed by atoms with E-state index in [1.54, 1.807) is 0 Å². The number of hydrogen-bond acceptors (Lipinski definition) is 5. The van der Waals surface area contributed by atoms with E-state index >= 15 is 0 Å². The average Bonchev–Trinajstić information content (AvgIpc) is 2.54. The van der Waals surface area contributed by atoms with Crippen LogP contribution < -0.4 is 14.8 Å². The van der Waals surface area contributed by atoms with Gasteiger partial charge in [-0.15, -0.1) is 0 Å². The number of nitro groups is 1. The van der Waals surface area contributed by atoms with Crippen LogP contribution >= 0.6 is 0 Å². The predicted octanol–water partition coefficient (Wildman–Crippen LogP) is 3.32. The highest BCUT2D eigenvalue weighted by Crippen LogP contribution is 2.28. The number of ether oxygens (including phenoxy) is 2. The van der Waals surface area contributed by atoms with Crippen LogP contribution in [0, 0.1) is 17.0 Å². The average molecular weight is 330 g/mol. The van der Waals surface area contributed by atoms with E-state index in [4.69, 9.17) is 9.47 Å². The molecule has 0 aliphatic rings. The number of non-ortho nitro benzene ring substituents is 1. The maximum Gasteiger partial charge on any atom is 0.271 e. The first-order valence-electron chi connectivity index (χ1n) is 7.31. The van der Waals surface area contributed by atoms with Gasteiger partial charge in [-0.3, -0.25) is 14.9 Å². The van der Waals surface area contributed by atoms with Crippen LogP contribution in [0.3, 0.4) is 0 Å². The molecular weight excluding hydrogens is 312 g/mol. The fourth-order valence-corrected chi connectivity index (χ4v) is 2.09. The third-order valence-electron chi connectivity index (χ3n) is 3.26. The van der Waals surface area contributed by atoms with Crippen molar-refractivity contribution in [2.45, 2.75) is 13.3 Å². The van der Waals surface area contributed by atoms with E-state index in [2.05, 4.69) is 5.32 Å². The lowest BCUT2D eigenvalue weighted by Crippen LogP contribution is -2.16. The van der Waals surface area contributed by atoms with E-state index in [9.17, 15) is 14.9 Å². The third-order valence-corrected chi connectivity index (χ3v) is 3.26. The summed E-state index contributed by atoms with van der Waals surface area (Å²) in [5, 5.41) is 13.4. The second-order valence-electron chi connectivity index (χ2n) is 5.10. The topological polar surface area (TPSA) is 90.7 Å². The first-order valence-corrected chi connectivity index (χ1v) is 7.31. The summed E-state index contributed by atoms with van der Waals surface area (Å²) in [5.41, 5.74) is 1.20. The number of rotatable bonds is 7. The van der Waals surface area contributed by atoms with E-state index < -0.39 is 4.92 Å². The maximum atomic E-state index is 12.0. The highest BCUT2D eigenvalue weighted by molar-refractivity contribution is 5.92. The number of amides is 1. The quantitative estimate of drug-likeness (QED) is 0.621. The molecule has 2 aromatic rings. The Hall–Kier alpha value is -3.09. The number of carbonyl (C=O) groups is 1. The van der Waals surface area contributed by atoms with Gasteiger partial charge in [-0.1, -0.05) is 12.1 Å². The van der Waals surface area contributed by atoms with Crippen molar-refractivity contribution in [1.29, 1.82) is 0 Å². The smallest absolute Gasteiger partial charge is 0.271 e. The Morgan fingerprint density at radius 1 is 1.25 bits per heavy atom. The molecule has 2 aromatic carbocycles. The molecule has 0 aliphatic carbocycles. The molecule has 0 saturated heterocycles. The third kappa shape index (κ3) is 4.70. The molecule has 126 valence electrons. The van der Waals surface area contributed by atoms with E-state index in [-0.39, 0.29) is 30.3 Å². The largest absolute Gasteiger partial charge is 0.495 e. The van der Waals surface area contributed by atoms with Gasteiger partial charge in [-0.2, -0.15) is 0 Å². The molecule has 0 heterocycles. The molecule has 0 bridgehead atoms. The Kier molecular flexibility index (Phi) is 5.73. The summed E-state index contributed by atoms with van der Waals surface area (Å²) in [6.07, 6.45) is 0.111. The summed E-state index contributed by atoms with van der Waals surface area (Å²) in [7, 11) is 1.43. The lowest BCUT2D eigenvalue weighted by molar-refractivity contribution is -0.384. The number of methoxy groups -OCH3 is 1. The molecule has 0 radical (unpaired) electrons. The predicted molar refractivity (Wildman–Crippen MR) is 89.6 cm³/mol. The van der Waals surface area contributed by atoms with Gasteiger partial charge in [0.15, 0.2) is 0 Å². The molecule has 0 spiro atoms. The SMILES string of the molecule is COc1ccc([N+](=O)[O-])cc1NC(=O)CCOc1cccc(C)c1. The van der Waals surface area contributed by atoms with Crippen LogP contribution in [0.5, 0.6) is 11.5 Å². The normalized spacial score (nSPS) is 10.1. The molecule has 0 atom stereocenters. The molecule has 7 nitrogen and oxygen atoms in total. The van der Waals surface area contributed by atoms with E-state index in [0.717, 1.165) is 5.56 Å². The molecule has 0 saturated carbocycles. The lowest BCUT2D eigenvalue weighted by atomic mass is 10.2. The maximum absolute atomic E-state index is 12.0. The first-order chi connectivity index (χ1) is 11.5. The highest BCUT2D eigenvalue weighted by Gasteiger charge is 2.13. The van der Waals surface area contributed by atoms with Crippen molar-refractivity contribution in [3.63, 3.8) is 0 Å². The van der Waals surface area contributed by atoms with Crippen molar-refractivity contribution in [2.75, 3.05) is 19.0 Å². The zero-order valence-corrected chi connectivity index (χ0v) is 13.4. The second-order valence-corrected chi connectivity index (χ2v) is 5.10. The van der Waals surface area contributed by atoms with E-state index in [1.165, 1.54) is 25.3 Å². The van der Waals surface area contributed by atoms with Gasteiger partial charge >= 0.3 is 0 Å². The molecule has 7 heteroatoms. The summed E-state index contributed by atoms with van der Waals surface area (Å²) < 4.78 is 10.6. The number of anilines is 1. The van der Waals surface area contributed by atoms with Crippen molar-refractivity contribution >= 4 is 17.3 Å². The van der Waals surface area contributed by atoms with Crippen LogP contribution in [0.4, 0.5) is 11.4 Å². The summed E-state index contributed by atoms with van der Waals surface area (Å²) in [4.78, 5) is 22.3. The molecule has 2 rings (SSSR count). The Labute approximate surface area is 139 Å². The minimum Gasteiger partial charge on any atom is -0.495 e. The molecular formula is C17H18N2O5. The number of nitrogens with one attached hydrogen (secondary N) is 1. The van der Waals surface area contributed by atoms with Gasteiger partial charge in [0.1, 0.15) is 11.5 Å².